The van der Waals surface area contributed by atoms with Crippen LogP contribution in [-0.4, -0.2) is 53.6 Å². The molecule has 2 N–H and O–H groups in total. The first-order valence-electron chi connectivity index (χ1n) is 6.18. The molecule has 1 aliphatic heterocycles. The van der Waals surface area contributed by atoms with Gasteiger partial charge in [0.1, 0.15) is 0 Å². The van der Waals surface area contributed by atoms with Gasteiger partial charge in [0.25, 0.3) is 0 Å². The maximum Gasteiger partial charge on any atom is 0.407 e. The number of halogens is 2. The van der Waals surface area contributed by atoms with E-state index in [2.05, 4.69) is 0 Å². The first-order valence-corrected chi connectivity index (χ1v) is 6.93. The second-order valence-electron chi connectivity index (χ2n) is 4.60. The third-order valence-corrected chi connectivity index (χ3v) is 4.12. The van der Waals surface area contributed by atoms with Gasteiger partial charge < -0.3 is 19.8 Å². The van der Waals surface area contributed by atoms with E-state index in [9.17, 15) is 9.90 Å². The molecular formula is C13H15Cl2NO4. The molecule has 110 valence electrons. The topological polar surface area (TPSA) is 70.0 Å². The van der Waals surface area contributed by atoms with Gasteiger partial charge in [-0.2, -0.15) is 0 Å². The summed E-state index contributed by atoms with van der Waals surface area (Å²) < 4.78 is 5.54. The maximum atomic E-state index is 11.2. The van der Waals surface area contributed by atoms with Crippen LogP contribution in [-0.2, 0) is 4.74 Å². The lowest BCUT2D eigenvalue weighted by molar-refractivity contribution is 0.0104. The highest BCUT2D eigenvalue weighted by atomic mass is 35.5. The summed E-state index contributed by atoms with van der Waals surface area (Å²) in [4.78, 5) is 12.4. The third-order valence-electron chi connectivity index (χ3n) is 3.38. The molecule has 0 radical (unpaired) electrons. The first-order chi connectivity index (χ1) is 9.52. The second-order valence-corrected chi connectivity index (χ2v) is 5.41. The van der Waals surface area contributed by atoms with E-state index in [1.165, 1.54) is 4.90 Å². The van der Waals surface area contributed by atoms with Crippen LogP contribution in [0.25, 0.3) is 0 Å². The van der Waals surface area contributed by atoms with E-state index in [1.54, 1.807) is 18.2 Å². The smallest absolute Gasteiger partial charge is 0.407 e. The number of hydrogen-bond acceptors (Lipinski definition) is 3. The van der Waals surface area contributed by atoms with Crippen molar-refractivity contribution < 1.29 is 19.7 Å². The van der Waals surface area contributed by atoms with E-state index in [-0.39, 0.29) is 32.2 Å². The van der Waals surface area contributed by atoms with Crippen molar-refractivity contribution in [2.24, 2.45) is 0 Å². The molecule has 1 aromatic rings. The van der Waals surface area contributed by atoms with Crippen molar-refractivity contribution in [3.05, 3.63) is 33.8 Å². The van der Waals surface area contributed by atoms with Gasteiger partial charge in [0.2, 0.25) is 0 Å². The van der Waals surface area contributed by atoms with Crippen LogP contribution in [0.3, 0.4) is 0 Å². The molecule has 1 fully saturated rings. The molecule has 2 atom stereocenters. The Hall–Kier alpha value is -1.01. The predicted octanol–water partition coefficient (Wildman–Crippen LogP) is 2.45. The summed E-state index contributed by atoms with van der Waals surface area (Å²) in [5.41, 5.74) is 0.798. The van der Waals surface area contributed by atoms with Gasteiger partial charge in [0.15, 0.2) is 0 Å². The molecule has 0 aromatic heterocycles. The zero-order valence-electron chi connectivity index (χ0n) is 10.6. The zero-order chi connectivity index (χ0) is 14.7. The summed E-state index contributed by atoms with van der Waals surface area (Å²) in [5.74, 6) is -0.284. The van der Waals surface area contributed by atoms with Crippen LogP contribution in [0.1, 0.15) is 11.5 Å². The molecule has 0 aliphatic carbocycles. The summed E-state index contributed by atoms with van der Waals surface area (Å²) in [6.07, 6.45) is -1.46. The van der Waals surface area contributed by atoms with Crippen LogP contribution in [0.2, 0.25) is 10.0 Å². The fraction of sp³-hybridized carbons (Fsp3) is 0.462. The second kappa shape index (κ2) is 6.63. The molecule has 5 nitrogen and oxygen atoms in total. The average Bonchev–Trinajstić information content (AvgIpc) is 2.64. The molecular weight excluding hydrogens is 305 g/mol. The van der Waals surface area contributed by atoms with Gasteiger partial charge in [-0.25, -0.2) is 4.79 Å². The van der Waals surface area contributed by atoms with Crippen molar-refractivity contribution in [1.29, 1.82) is 0 Å². The van der Waals surface area contributed by atoms with E-state index in [0.29, 0.717) is 10.0 Å². The van der Waals surface area contributed by atoms with Crippen LogP contribution in [0, 0.1) is 0 Å². The van der Waals surface area contributed by atoms with Crippen molar-refractivity contribution in [3.63, 3.8) is 0 Å². The molecule has 0 spiro atoms. The summed E-state index contributed by atoms with van der Waals surface area (Å²) in [6.45, 7) is 0.607. The largest absolute Gasteiger partial charge is 0.465 e. The maximum absolute atomic E-state index is 11.2. The summed E-state index contributed by atoms with van der Waals surface area (Å²) >= 11 is 11.9. The molecule has 7 heteroatoms. The van der Waals surface area contributed by atoms with Gasteiger partial charge in [-0.1, -0.05) is 29.3 Å². The lowest BCUT2D eigenvalue weighted by Crippen LogP contribution is -2.35. The molecule has 20 heavy (non-hydrogen) atoms. The number of rotatable bonds is 2. The van der Waals surface area contributed by atoms with Crippen molar-refractivity contribution in [2.45, 2.75) is 12.0 Å². The number of aliphatic hydroxyl groups is 1. The van der Waals surface area contributed by atoms with Crippen molar-refractivity contribution in [1.82, 2.24) is 4.90 Å². The number of carboxylic acid groups (broad SMARTS) is 1. The molecule has 1 saturated heterocycles. The van der Waals surface area contributed by atoms with E-state index in [1.807, 2.05) is 0 Å². The van der Waals surface area contributed by atoms with Crippen molar-refractivity contribution in [2.75, 3.05) is 26.3 Å². The molecule has 2 rings (SSSR count). The number of carbonyl (C=O) groups is 1. The quantitative estimate of drug-likeness (QED) is 0.878. The Bertz CT molecular complexity index is 497. The molecule has 0 saturated carbocycles. The zero-order valence-corrected chi connectivity index (χ0v) is 12.1. The standard InChI is InChI=1S/C13H15Cl2NO4/c14-10-2-1-8(5-11(10)15)9-6-16(13(18)19)3-4-20-12(9)7-17/h1-2,5,9,12,17H,3-4,6-7H2,(H,18,19)/t9-,12+/m1/s1. The average molecular weight is 320 g/mol. The monoisotopic (exact) mass is 319 g/mol. The summed E-state index contributed by atoms with van der Waals surface area (Å²) in [6, 6.07) is 5.12. The Morgan fingerprint density at radius 3 is 2.75 bits per heavy atom. The summed E-state index contributed by atoms with van der Waals surface area (Å²) in [5, 5.41) is 19.4. The Kier molecular flexibility index (Phi) is 5.10. The first kappa shape index (κ1) is 15.4. The van der Waals surface area contributed by atoms with Crippen LogP contribution in [0.4, 0.5) is 4.79 Å². The minimum absolute atomic E-state index is 0.182. The fourth-order valence-electron chi connectivity index (χ4n) is 2.29. The van der Waals surface area contributed by atoms with Crippen LogP contribution < -0.4 is 0 Å². The number of ether oxygens (including phenoxy) is 1. The van der Waals surface area contributed by atoms with Gasteiger partial charge in [-0.15, -0.1) is 0 Å². The molecule has 0 bridgehead atoms. The van der Waals surface area contributed by atoms with Crippen LogP contribution >= 0.6 is 23.2 Å². The van der Waals surface area contributed by atoms with E-state index in [0.717, 1.165) is 5.56 Å². The Balaban J connectivity index is 2.31. The lowest BCUT2D eigenvalue weighted by atomic mass is 9.93. The number of nitrogens with zero attached hydrogens (tertiary/aromatic N) is 1. The normalized spacial score (nSPS) is 23.4. The van der Waals surface area contributed by atoms with Crippen LogP contribution in [0.15, 0.2) is 18.2 Å². The van der Waals surface area contributed by atoms with Crippen molar-refractivity contribution in [3.8, 4) is 0 Å². The number of hydrogen-bond donors (Lipinski definition) is 2. The van der Waals surface area contributed by atoms with E-state index >= 15 is 0 Å². The highest BCUT2D eigenvalue weighted by Gasteiger charge is 2.31. The minimum atomic E-state index is -1.00. The van der Waals surface area contributed by atoms with E-state index < -0.39 is 12.2 Å². The van der Waals surface area contributed by atoms with Gasteiger partial charge in [-0.3, -0.25) is 0 Å². The summed E-state index contributed by atoms with van der Waals surface area (Å²) in [7, 11) is 0. The fourth-order valence-corrected chi connectivity index (χ4v) is 2.60. The Morgan fingerprint density at radius 2 is 2.15 bits per heavy atom. The Morgan fingerprint density at radius 1 is 1.40 bits per heavy atom. The minimum Gasteiger partial charge on any atom is -0.465 e. The highest BCUT2D eigenvalue weighted by Crippen LogP contribution is 2.30. The molecule has 1 aliphatic rings. The number of aliphatic hydroxyl groups excluding tert-OH is 1. The third kappa shape index (κ3) is 3.35. The SMILES string of the molecule is O=C(O)N1CCO[C@@H](CO)[C@@H](c2ccc(Cl)c(Cl)c2)C1. The molecule has 1 amide bonds. The molecule has 1 aromatic carbocycles. The number of amides is 1. The van der Waals surface area contributed by atoms with Gasteiger partial charge in [-0.05, 0) is 17.7 Å². The highest BCUT2D eigenvalue weighted by molar-refractivity contribution is 6.42. The predicted molar refractivity (Wildman–Crippen MR) is 75.6 cm³/mol. The molecule has 0 unspecified atom stereocenters. The van der Waals surface area contributed by atoms with Gasteiger partial charge in [0, 0.05) is 19.0 Å². The molecule has 1 heterocycles. The van der Waals surface area contributed by atoms with Gasteiger partial charge >= 0.3 is 6.09 Å². The van der Waals surface area contributed by atoms with Crippen LogP contribution in [0.5, 0.6) is 0 Å². The lowest BCUT2D eigenvalue weighted by Gasteiger charge is -2.26. The number of benzene rings is 1. The Labute approximate surface area is 126 Å². The van der Waals surface area contributed by atoms with E-state index in [4.69, 9.17) is 33.0 Å². The van der Waals surface area contributed by atoms with Crippen molar-refractivity contribution >= 4 is 29.3 Å². The van der Waals surface area contributed by atoms with Gasteiger partial charge in [0.05, 0.1) is 29.4 Å².